The fraction of sp³-hybridized carbons (Fsp3) is 0.769. The second-order valence-electron chi connectivity index (χ2n) is 4.47. The van der Waals surface area contributed by atoms with Crippen molar-refractivity contribution < 1.29 is 0 Å². The molecular formula is C13H24N2S. The van der Waals surface area contributed by atoms with Gasteiger partial charge in [0.25, 0.3) is 0 Å². The van der Waals surface area contributed by atoms with E-state index in [4.69, 9.17) is 4.98 Å². The third-order valence-corrected chi connectivity index (χ3v) is 3.73. The Hall–Kier alpha value is -0.410. The average Bonchev–Trinajstić information content (AvgIpc) is 2.66. The highest BCUT2D eigenvalue weighted by Gasteiger charge is 2.09. The standard InChI is InChI=1S/C13H24N2S/c1-5-7-8-13-15-11(6-2)12(16-13)9-14-10(3)4/h10,14H,5-9H2,1-4H3. The summed E-state index contributed by atoms with van der Waals surface area (Å²) in [6.07, 6.45) is 4.71. The van der Waals surface area contributed by atoms with Crippen LogP contribution in [0, 0.1) is 0 Å². The molecule has 0 aliphatic heterocycles. The Balaban J connectivity index is 2.62. The fourth-order valence-corrected chi connectivity index (χ4v) is 2.73. The van der Waals surface area contributed by atoms with Gasteiger partial charge in [0.05, 0.1) is 10.7 Å². The smallest absolute Gasteiger partial charge is 0.0931 e. The lowest BCUT2D eigenvalue weighted by Crippen LogP contribution is -2.21. The number of aryl methyl sites for hydroxylation is 2. The van der Waals surface area contributed by atoms with Crippen LogP contribution in [0.3, 0.4) is 0 Å². The molecule has 0 unspecified atom stereocenters. The van der Waals surface area contributed by atoms with E-state index in [2.05, 4.69) is 33.0 Å². The fourth-order valence-electron chi connectivity index (χ4n) is 1.58. The number of nitrogens with one attached hydrogen (secondary N) is 1. The third-order valence-electron chi connectivity index (χ3n) is 2.57. The Morgan fingerprint density at radius 2 is 2.06 bits per heavy atom. The van der Waals surface area contributed by atoms with E-state index in [1.165, 1.54) is 28.4 Å². The highest BCUT2D eigenvalue weighted by atomic mass is 32.1. The zero-order valence-corrected chi connectivity index (χ0v) is 11.8. The van der Waals surface area contributed by atoms with E-state index < -0.39 is 0 Å². The average molecular weight is 240 g/mol. The van der Waals surface area contributed by atoms with E-state index in [-0.39, 0.29) is 0 Å². The SMILES string of the molecule is CCCCc1nc(CC)c(CNC(C)C)s1. The molecular weight excluding hydrogens is 216 g/mol. The van der Waals surface area contributed by atoms with Gasteiger partial charge in [-0.05, 0) is 19.3 Å². The van der Waals surface area contributed by atoms with Gasteiger partial charge in [-0.3, -0.25) is 0 Å². The number of hydrogen-bond acceptors (Lipinski definition) is 3. The number of hydrogen-bond donors (Lipinski definition) is 1. The van der Waals surface area contributed by atoms with E-state index >= 15 is 0 Å². The van der Waals surface area contributed by atoms with Gasteiger partial charge in [0, 0.05) is 17.5 Å². The van der Waals surface area contributed by atoms with Gasteiger partial charge >= 0.3 is 0 Å². The maximum atomic E-state index is 4.72. The van der Waals surface area contributed by atoms with E-state index in [0.717, 1.165) is 19.4 Å². The summed E-state index contributed by atoms with van der Waals surface area (Å²) in [6, 6.07) is 0.547. The first-order valence-corrected chi connectivity index (χ1v) is 7.19. The first-order chi connectivity index (χ1) is 7.67. The van der Waals surface area contributed by atoms with Crippen molar-refractivity contribution in [2.45, 2.75) is 66.0 Å². The molecule has 0 saturated heterocycles. The van der Waals surface area contributed by atoms with Crippen LogP contribution in [-0.2, 0) is 19.4 Å². The van der Waals surface area contributed by atoms with Gasteiger partial charge in [0.2, 0.25) is 0 Å². The third kappa shape index (κ3) is 4.22. The molecule has 0 radical (unpaired) electrons. The highest BCUT2D eigenvalue weighted by molar-refractivity contribution is 7.11. The first-order valence-electron chi connectivity index (χ1n) is 6.38. The number of nitrogens with zero attached hydrogens (tertiary/aromatic N) is 1. The number of rotatable bonds is 7. The second kappa shape index (κ2) is 7.02. The maximum Gasteiger partial charge on any atom is 0.0931 e. The van der Waals surface area contributed by atoms with Gasteiger partial charge < -0.3 is 5.32 Å². The van der Waals surface area contributed by atoms with Crippen LogP contribution in [0.25, 0.3) is 0 Å². The maximum absolute atomic E-state index is 4.72. The summed E-state index contributed by atoms with van der Waals surface area (Å²) in [5.74, 6) is 0. The van der Waals surface area contributed by atoms with Crippen molar-refractivity contribution in [3.8, 4) is 0 Å². The predicted molar refractivity (Wildman–Crippen MR) is 72.1 cm³/mol. The molecule has 0 fully saturated rings. The molecule has 92 valence electrons. The molecule has 0 saturated carbocycles. The van der Waals surface area contributed by atoms with Crippen LogP contribution in [-0.4, -0.2) is 11.0 Å². The zero-order chi connectivity index (χ0) is 12.0. The van der Waals surface area contributed by atoms with Crippen molar-refractivity contribution in [3.05, 3.63) is 15.6 Å². The van der Waals surface area contributed by atoms with Gasteiger partial charge in [-0.1, -0.05) is 34.1 Å². The molecule has 1 rings (SSSR count). The summed E-state index contributed by atoms with van der Waals surface area (Å²) in [4.78, 5) is 6.16. The number of unbranched alkanes of at least 4 members (excludes halogenated alkanes) is 1. The lowest BCUT2D eigenvalue weighted by atomic mass is 10.2. The molecule has 0 atom stereocenters. The van der Waals surface area contributed by atoms with Crippen LogP contribution in [0.5, 0.6) is 0 Å². The molecule has 1 aromatic heterocycles. The minimum absolute atomic E-state index is 0.547. The van der Waals surface area contributed by atoms with Crippen molar-refractivity contribution in [2.75, 3.05) is 0 Å². The summed E-state index contributed by atoms with van der Waals surface area (Å²) in [5, 5.41) is 4.80. The van der Waals surface area contributed by atoms with Crippen molar-refractivity contribution in [3.63, 3.8) is 0 Å². The van der Waals surface area contributed by atoms with Crippen LogP contribution in [0.15, 0.2) is 0 Å². The van der Waals surface area contributed by atoms with Crippen molar-refractivity contribution >= 4 is 11.3 Å². The molecule has 0 aliphatic rings. The Kier molecular flexibility index (Phi) is 5.99. The van der Waals surface area contributed by atoms with Crippen LogP contribution < -0.4 is 5.32 Å². The summed E-state index contributed by atoms with van der Waals surface area (Å²) >= 11 is 1.89. The molecule has 0 spiro atoms. The van der Waals surface area contributed by atoms with Crippen molar-refractivity contribution in [1.29, 1.82) is 0 Å². The molecule has 0 amide bonds. The number of thiazole rings is 1. The minimum atomic E-state index is 0.547. The minimum Gasteiger partial charge on any atom is -0.310 e. The normalized spacial score (nSPS) is 11.3. The van der Waals surface area contributed by atoms with Crippen LogP contribution in [0.2, 0.25) is 0 Å². The van der Waals surface area contributed by atoms with E-state index in [1.54, 1.807) is 0 Å². The van der Waals surface area contributed by atoms with Gasteiger partial charge in [0.15, 0.2) is 0 Å². The highest BCUT2D eigenvalue weighted by Crippen LogP contribution is 2.21. The quantitative estimate of drug-likeness (QED) is 0.788. The lowest BCUT2D eigenvalue weighted by molar-refractivity contribution is 0.590. The summed E-state index contributed by atoms with van der Waals surface area (Å²) < 4.78 is 0. The monoisotopic (exact) mass is 240 g/mol. The molecule has 16 heavy (non-hydrogen) atoms. The molecule has 2 nitrogen and oxygen atoms in total. The summed E-state index contributed by atoms with van der Waals surface area (Å²) in [7, 11) is 0. The molecule has 0 bridgehead atoms. The topological polar surface area (TPSA) is 24.9 Å². The molecule has 1 aromatic rings. The molecule has 3 heteroatoms. The Morgan fingerprint density at radius 1 is 1.31 bits per heavy atom. The van der Waals surface area contributed by atoms with Gasteiger partial charge in [-0.15, -0.1) is 11.3 Å². The van der Waals surface area contributed by atoms with Gasteiger partial charge in [-0.25, -0.2) is 4.98 Å². The lowest BCUT2D eigenvalue weighted by Gasteiger charge is -2.06. The van der Waals surface area contributed by atoms with Crippen LogP contribution in [0.4, 0.5) is 0 Å². The van der Waals surface area contributed by atoms with Gasteiger partial charge in [-0.2, -0.15) is 0 Å². The van der Waals surface area contributed by atoms with Crippen molar-refractivity contribution in [2.24, 2.45) is 0 Å². The largest absolute Gasteiger partial charge is 0.310 e. The summed E-state index contributed by atoms with van der Waals surface area (Å²) in [6.45, 7) is 9.77. The molecule has 0 aliphatic carbocycles. The van der Waals surface area contributed by atoms with E-state index in [9.17, 15) is 0 Å². The predicted octanol–water partition coefficient (Wildman–Crippen LogP) is 3.55. The molecule has 0 aromatic carbocycles. The van der Waals surface area contributed by atoms with Crippen LogP contribution in [0.1, 0.15) is 56.1 Å². The first kappa shape index (κ1) is 13.7. The van der Waals surface area contributed by atoms with Crippen molar-refractivity contribution in [1.82, 2.24) is 10.3 Å². The molecule has 1 heterocycles. The van der Waals surface area contributed by atoms with Crippen LogP contribution >= 0.6 is 11.3 Å². The Labute approximate surface area is 103 Å². The second-order valence-corrected chi connectivity index (χ2v) is 5.64. The Morgan fingerprint density at radius 3 is 2.62 bits per heavy atom. The summed E-state index contributed by atoms with van der Waals surface area (Å²) in [5.41, 5.74) is 1.30. The zero-order valence-electron chi connectivity index (χ0n) is 11.0. The van der Waals surface area contributed by atoms with E-state index in [1.807, 2.05) is 11.3 Å². The Bertz CT molecular complexity index is 305. The van der Waals surface area contributed by atoms with E-state index in [0.29, 0.717) is 6.04 Å². The molecule has 1 N–H and O–H groups in total. The number of aromatic nitrogens is 1. The van der Waals surface area contributed by atoms with Gasteiger partial charge in [0.1, 0.15) is 0 Å².